The van der Waals surface area contributed by atoms with Gasteiger partial charge in [0.15, 0.2) is 0 Å². The number of hydrogen-bond acceptors (Lipinski definition) is 3. The SMILES string of the molecule is Cc1nnc(CC(C)(C)CC(=O)O)n1C1CCCCC1. The summed E-state index contributed by atoms with van der Waals surface area (Å²) in [5, 5.41) is 17.5. The quantitative estimate of drug-likeness (QED) is 0.899. The number of carboxylic acid groups (broad SMARTS) is 1. The van der Waals surface area contributed by atoms with Crippen molar-refractivity contribution in [3.05, 3.63) is 11.6 Å². The van der Waals surface area contributed by atoms with Crippen LogP contribution in [-0.4, -0.2) is 25.8 Å². The maximum atomic E-state index is 11.0. The van der Waals surface area contributed by atoms with Gasteiger partial charge in [0.2, 0.25) is 0 Å². The lowest BCUT2D eigenvalue weighted by atomic mass is 9.85. The second-order valence-electron chi connectivity index (χ2n) is 6.74. The third-order valence-corrected chi connectivity index (χ3v) is 4.14. The summed E-state index contributed by atoms with van der Waals surface area (Å²) < 4.78 is 2.25. The maximum absolute atomic E-state index is 11.0. The number of rotatable bonds is 5. The van der Waals surface area contributed by atoms with Gasteiger partial charge in [-0.2, -0.15) is 0 Å². The van der Waals surface area contributed by atoms with E-state index in [2.05, 4.69) is 14.8 Å². The van der Waals surface area contributed by atoms with Gasteiger partial charge in [0.25, 0.3) is 0 Å². The molecule has 0 aromatic carbocycles. The van der Waals surface area contributed by atoms with Gasteiger partial charge in [0.05, 0.1) is 6.42 Å². The largest absolute Gasteiger partial charge is 0.481 e. The van der Waals surface area contributed by atoms with Crippen molar-refractivity contribution in [3.8, 4) is 0 Å². The lowest BCUT2D eigenvalue weighted by Gasteiger charge is -2.28. The van der Waals surface area contributed by atoms with E-state index in [0.717, 1.165) is 11.6 Å². The molecule has 0 atom stereocenters. The second-order valence-corrected chi connectivity index (χ2v) is 6.74. The van der Waals surface area contributed by atoms with E-state index in [4.69, 9.17) is 5.11 Å². The maximum Gasteiger partial charge on any atom is 0.303 e. The molecule has 1 fully saturated rings. The third kappa shape index (κ3) is 3.58. The number of aryl methyl sites for hydroxylation is 1. The highest BCUT2D eigenvalue weighted by Crippen LogP contribution is 2.32. The summed E-state index contributed by atoms with van der Waals surface area (Å²) in [7, 11) is 0. The van der Waals surface area contributed by atoms with Gasteiger partial charge in [-0.05, 0) is 25.2 Å². The van der Waals surface area contributed by atoms with Crippen LogP contribution in [0.2, 0.25) is 0 Å². The number of hydrogen-bond donors (Lipinski definition) is 1. The van der Waals surface area contributed by atoms with E-state index >= 15 is 0 Å². The fourth-order valence-corrected chi connectivity index (χ4v) is 3.25. The molecule has 1 aromatic rings. The standard InChI is InChI=1S/C15H25N3O2/c1-11-16-17-13(9-15(2,3)10-14(19)20)18(11)12-7-5-4-6-8-12/h12H,4-10H2,1-3H3,(H,19,20). The van der Waals surface area contributed by atoms with Crippen molar-refractivity contribution in [1.82, 2.24) is 14.8 Å². The molecule has 20 heavy (non-hydrogen) atoms. The van der Waals surface area contributed by atoms with Crippen LogP contribution in [0, 0.1) is 12.3 Å². The lowest BCUT2D eigenvalue weighted by molar-refractivity contribution is -0.139. The van der Waals surface area contributed by atoms with Gasteiger partial charge in [-0.15, -0.1) is 10.2 Å². The van der Waals surface area contributed by atoms with Crippen molar-refractivity contribution < 1.29 is 9.90 Å². The van der Waals surface area contributed by atoms with E-state index in [1.165, 1.54) is 32.1 Å². The Labute approximate surface area is 120 Å². The second kappa shape index (κ2) is 5.94. The van der Waals surface area contributed by atoms with Crippen molar-refractivity contribution in [2.45, 2.75) is 71.8 Å². The minimum atomic E-state index is -0.754. The first-order valence-electron chi connectivity index (χ1n) is 7.51. The molecule has 0 saturated heterocycles. The highest BCUT2D eigenvalue weighted by molar-refractivity contribution is 5.67. The fourth-order valence-electron chi connectivity index (χ4n) is 3.25. The van der Waals surface area contributed by atoms with E-state index in [9.17, 15) is 4.79 Å². The summed E-state index contributed by atoms with van der Waals surface area (Å²) in [6, 6.07) is 0.495. The number of carbonyl (C=O) groups is 1. The highest BCUT2D eigenvalue weighted by Gasteiger charge is 2.28. The molecule has 0 spiro atoms. The molecule has 1 heterocycles. The van der Waals surface area contributed by atoms with Crippen LogP contribution in [-0.2, 0) is 11.2 Å². The Hall–Kier alpha value is -1.39. The summed E-state index contributed by atoms with van der Waals surface area (Å²) >= 11 is 0. The van der Waals surface area contributed by atoms with Gasteiger partial charge in [0, 0.05) is 12.5 Å². The zero-order valence-electron chi connectivity index (χ0n) is 12.7. The van der Waals surface area contributed by atoms with Gasteiger partial charge in [-0.3, -0.25) is 4.79 Å². The summed E-state index contributed by atoms with van der Waals surface area (Å²) in [5.74, 6) is 1.15. The normalized spacial score (nSPS) is 17.4. The van der Waals surface area contributed by atoms with E-state index in [0.29, 0.717) is 12.5 Å². The molecule has 5 nitrogen and oxygen atoms in total. The molecule has 0 amide bonds. The van der Waals surface area contributed by atoms with E-state index in [1.807, 2.05) is 20.8 Å². The van der Waals surface area contributed by atoms with Crippen molar-refractivity contribution >= 4 is 5.97 Å². The molecule has 1 aliphatic carbocycles. The van der Waals surface area contributed by atoms with Crippen LogP contribution >= 0.6 is 0 Å². The number of nitrogens with zero attached hydrogens (tertiary/aromatic N) is 3. The van der Waals surface area contributed by atoms with Crippen LogP contribution in [0.1, 0.15) is 70.1 Å². The molecular formula is C15H25N3O2. The molecule has 1 saturated carbocycles. The average molecular weight is 279 g/mol. The molecule has 1 aliphatic rings. The summed E-state index contributed by atoms with van der Waals surface area (Å²) in [4.78, 5) is 11.0. The Kier molecular flexibility index (Phi) is 4.45. The van der Waals surface area contributed by atoms with Gasteiger partial charge >= 0.3 is 5.97 Å². The molecular weight excluding hydrogens is 254 g/mol. The van der Waals surface area contributed by atoms with Crippen molar-refractivity contribution in [2.75, 3.05) is 0 Å². The molecule has 0 aliphatic heterocycles. The molecule has 0 unspecified atom stereocenters. The Morgan fingerprint density at radius 1 is 1.30 bits per heavy atom. The number of aliphatic carboxylic acids is 1. The van der Waals surface area contributed by atoms with Gasteiger partial charge < -0.3 is 9.67 Å². The van der Waals surface area contributed by atoms with Crippen molar-refractivity contribution in [2.24, 2.45) is 5.41 Å². The first-order valence-corrected chi connectivity index (χ1v) is 7.51. The van der Waals surface area contributed by atoms with E-state index < -0.39 is 5.97 Å². The Morgan fingerprint density at radius 3 is 2.55 bits per heavy atom. The van der Waals surface area contributed by atoms with Gasteiger partial charge in [-0.25, -0.2) is 0 Å². The van der Waals surface area contributed by atoms with Crippen LogP contribution in [0.15, 0.2) is 0 Å². The van der Waals surface area contributed by atoms with E-state index in [1.54, 1.807) is 0 Å². The summed E-state index contributed by atoms with van der Waals surface area (Å²) in [6.45, 7) is 5.96. The first kappa shape index (κ1) is 15.0. The topological polar surface area (TPSA) is 68.0 Å². The minimum absolute atomic E-state index is 0.156. The molecule has 112 valence electrons. The van der Waals surface area contributed by atoms with Crippen LogP contribution in [0.25, 0.3) is 0 Å². The zero-order chi connectivity index (χ0) is 14.8. The van der Waals surface area contributed by atoms with Crippen LogP contribution < -0.4 is 0 Å². The molecule has 0 bridgehead atoms. The monoisotopic (exact) mass is 279 g/mol. The highest BCUT2D eigenvalue weighted by atomic mass is 16.4. The minimum Gasteiger partial charge on any atom is -0.481 e. The Balaban J connectivity index is 2.18. The van der Waals surface area contributed by atoms with Crippen molar-refractivity contribution in [3.63, 3.8) is 0 Å². The van der Waals surface area contributed by atoms with E-state index in [-0.39, 0.29) is 11.8 Å². The Bertz CT molecular complexity index is 473. The molecule has 5 heteroatoms. The number of carboxylic acids is 1. The third-order valence-electron chi connectivity index (χ3n) is 4.14. The smallest absolute Gasteiger partial charge is 0.303 e. The predicted octanol–water partition coefficient (Wildman–Crippen LogP) is 3.14. The molecule has 2 rings (SSSR count). The molecule has 1 aromatic heterocycles. The fraction of sp³-hybridized carbons (Fsp3) is 0.800. The van der Waals surface area contributed by atoms with Crippen LogP contribution in [0.3, 0.4) is 0 Å². The van der Waals surface area contributed by atoms with Crippen LogP contribution in [0.4, 0.5) is 0 Å². The zero-order valence-corrected chi connectivity index (χ0v) is 12.7. The summed E-state index contributed by atoms with van der Waals surface area (Å²) in [5.41, 5.74) is -0.294. The average Bonchev–Trinajstić information content (AvgIpc) is 2.69. The molecule has 1 N–H and O–H groups in total. The van der Waals surface area contributed by atoms with Gasteiger partial charge in [0.1, 0.15) is 11.6 Å². The lowest BCUT2D eigenvalue weighted by Crippen LogP contribution is -2.24. The first-order chi connectivity index (χ1) is 9.39. The van der Waals surface area contributed by atoms with Crippen LogP contribution in [0.5, 0.6) is 0 Å². The predicted molar refractivity (Wildman–Crippen MR) is 76.6 cm³/mol. The van der Waals surface area contributed by atoms with Crippen molar-refractivity contribution in [1.29, 1.82) is 0 Å². The van der Waals surface area contributed by atoms with Gasteiger partial charge in [-0.1, -0.05) is 33.1 Å². The Morgan fingerprint density at radius 2 is 1.95 bits per heavy atom. The number of aromatic nitrogens is 3. The molecule has 0 radical (unpaired) electrons. The summed E-state index contributed by atoms with van der Waals surface area (Å²) in [6.07, 6.45) is 7.04.